The fourth-order valence-electron chi connectivity index (χ4n) is 1.96. The first-order valence-corrected chi connectivity index (χ1v) is 9.16. The summed E-state index contributed by atoms with van der Waals surface area (Å²) in [5.74, 6) is 0.540. The Balaban J connectivity index is 1.71. The molecular weight excluding hydrogens is 358 g/mol. The van der Waals surface area contributed by atoms with E-state index in [2.05, 4.69) is 30.5 Å². The number of amides is 1. The summed E-state index contributed by atoms with van der Waals surface area (Å²) < 4.78 is 0.842. The average molecular weight is 373 g/mol. The number of thioether (sulfide) groups is 1. The third kappa shape index (κ3) is 5.19. The summed E-state index contributed by atoms with van der Waals surface area (Å²) in [5.41, 5.74) is 7.20. The first-order valence-electron chi connectivity index (χ1n) is 7.35. The lowest BCUT2D eigenvalue weighted by Gasteiger charge is -2.13. The molecule has 1 aliphatic rings. The van der Waals surface area contributed by atoms with Gasteiger partial charge in [0.2, 0.25) is 17.8 Å². The van der Waals surface area contributed by atoms with E-state index in [1.54, 1.807) is 0 Å². The van der Waals surface area contributed by atoms with E-state index >= 15 is 0 Å². The molecule has 10 heteroatoms. The Morgan fingerprint density at radius 3 is 2.88 bits per heavy atom. The molecule has 128 valence electrons. The van der Waals surface area contributed by atoms with Gasteiger partial charge in [0, 0.05) is 11.5 Å². The second-order valence-corrected chi connectivity index (χ2v) is 7.42. The lowest BCUT2D eigenvalue weighted by molar-refractivity contribution is -0.118. The summed E-state index contributed by atoms with van der Waals surface area (Å²) >= 11 is 3.00. The van der Waals surface area contributed by atoms with Gasteiger partial charge in [0.05, 0.1) is 12.1 Å². The molecule has 0 fully saturated rings. The predicted molar refractivity (Wildman–Crippen MR) is 101 cm³/mol. The fourth-order valence-corrected chi connectivity index (χ4v) is 3.70. The number of para-hydroxylation sites is 1. The van der Waals surface area contributed by atoms with Crippen molar-refractivity contribution in [1.82, 2.24) is 15.5 Å². The number of carbonyl (C=O) groups is 1. The molecule has 1 aromatic heterocycles. The second-order valence-electron chi connectivity index (χ2n) is 5.02. The van der Waals surface area contributed by atoms with E-state index in [4.69, 9.17) is 5.73 Å². The van der Waals surface area contributed by atoms with E-state index in [1.807, 2.05) is 37.3 Å². The minimum absolute atomic E-state index is 0.0268. The zero-order valence-electron chi connectivity index (χ0n) is 13.3. The Hall–Kier alpha value is -2.59. The van der Waals surface area contributed by atoms with Crippen molar-refractivity contribution in [2.75, 3.05) is 5.75 Å². The highest BCUT2D eigenvalue weighted by Crippen LogP contribution is 2.22. The van der Waals surface area contributed by atoms with E-state index in [0.29, 0.717) is 17.2 Å². The maximum atomic E-state index is 11.9. The number of benzene rings is 1. The molecule has 1 amide bonds. The van der Waals surface area contributed by atoms with E-state index < -0.39 is 0 Å². The fraction of sp³-hybridized carbons (Fsp3) is 0.200. The van der Waals surface area contributed by atoms with Gasteiger partial charge >= 0.3 is 0 Å². The van der Waals surface area contributed by atoms with Crippen LogP contribution in [-0.2, 0) is 4.79 Å². The van der Waals surface area contributed by atoms with Gasteiger partial charge in [-0.2, -0.15) is 4.99 Å². The lowest BCUT2D eigenvalue weighted by atomic mass is 10.2. The standard InChI is InChI=1S/C15H15N7OS2/c1-9-21-22-15(25-9)24-8-11-7-12(23)19-14(18-11)20-13(16)17-10-5-3-2-4-6-10/h2-6H,7-8H2,1H3,(H3,16,17,19,20,23). The van der Waals surface area contributed by atoms with Gasteiger partial charge in [0.15, 0.2) is 4.34 Å². The maximum Gasteiger partial charge on any atom is 0.232 e. The monoisotopic (exact) mass is 373 g/mol. The molecule has 1 aliphatic heterocycles. The number of carbonyl (C=O) groups excluding carboxylic acids is 1. The summed E-state index contributed by atoms with van der Waals surface area (Å²) in [6, 6.07) is 9.20. The van der Waals surface area contributed by atoms with E-state index in [1.165, 1.54) is 23.1 Å². The van der Waals surface area contributed by atoms with E-state index in [-0.39, 0.29) is 24.2 Å². The van der Waals surface area contributed by atoms with Crippen molar-refractivity contribution in [3.05, 3.63) is 35.3 Å². The Labute approximate surface area is 152 Å². The van der Waals surface area contributed by atoms with Gasteiger partial charge in [-0.15, -0.1) is 10.2 Å². The molecular formula is C15H15N7OS2. The number of hydrogen-bond acceptors (Lipinski definition) is 6. The molecule has 8 nitrogen and oxygen atoms in total. The Kier molecular flexibility index (Phi) is 5.51. The molecule has 25 heavy (non-hydrogen) atoms. The Morgan fingerprint density at radius 1 is 1.36 bits per heavy atom. The predicted octanol–water partition coefficient (Wildman–Crippen LogP) is 1.90. The van der Waals surface area contributed by atoms with Gasteiger partial charge in [-0.1, -0.05) is 41.3 Å². The first-order chi connectivity index (χ1) is 12.1. The van der Waals surface area contributed by atoms with Crippen LogP contribution in [0.15, 0.2) is 49.6 Å². The van der Waals surface area contributed by atoms with E-state index in [0.717, 1.165) is 9.35 Å². The summed E-state index contributed by atoms with van der Waals surface area (Å²) in [6.45, 7) is 1.90. The molecule has 2 heterocycles. The van der Waals surface area contributed by atoms with Crippen LogP contribution >= 0.6 is 23.1 Å². The van der Waals surface area contributed by atoms with Crippen molar-refractivity contribution >= 4 is 52.3 Å². The van der Waals surface area contributed by atoms with Crippen LogP contribution in [0.3, 0.4) is 0 Å². The maximum absolute atomic E-state index is 11.9. The number of nitrogens with one attached hydrogen (secondary N) is 1. The SMILES string of the molecule is Cc1nnc(SCC2=NC(=NC(N)=Nc3ccccc3)NC(=O)C2)s1. The highest BCUT2D eigenvalue weighted by molar-refractivity contribution is 8.01. The molecule has 0 atom stereocenters. The molecule has 0 spiro atoms. The van der Waals surface area contributed by atoms with Crippen molar-refractivity contribution in [3.63, 3.8) is 0 Å². The Morgan fingerprint density at radius 2 is 2.16 bits per heavy atom. The zero-order chi connectivity index (χ0) is 17.6. The van der Waals surface area contributed by atoms with Crippen LogP contribution in [0, 0.1) is 6.92 Å². The minimum Gasteiger partial charge on any atom is -0.368 e. The second kappa shape index (κ2) is 7.99. The number of hydrogen-bond donors (Lipinski definition) is 2. The summed E-state index contributed by atoms with van der Waals surface area (Å²) in [7, 11) is 0. The quantitative estimate of drug-likeness (QED) is 0.482. The van der Waals surface area contributed by atoms with Crippen LogP contribution in [0.1, 0.15) is 11.4 Å². The molecule has 1 aromatic carbocycles. The molecule has 0 unspecified atom stereocenters. The molecule has 0 saturated carbocycles. The van der Waals surface area contributed by atoms with E-state index in [9.17, 15) is 4.79 Å². The summed E-state index contributed by atoms with van der Waals surface area (Å²) in [6.07, 6.45) is 0.222. The number of aromatic nitrogens is 2. The largest absolute Gasteiger partial charge is 0.368 e. The minimum atomic E-state index is -0.176. The summed E-state index contributed by atoms with van der Waals surface area (Å²) in [5, 5.41) is 11.5. The number of nitrogens with two attached hydrogens (primary N) is 1. The number of aliphatic imine (C=N–C) groups is 3. The van der Waals surface area contributed by atoms with Crippen molar-refractivity contribution in [1.29, 1.82) is 0 Å². The van der Waals surface area contributed by atoms with Gasteiger partial charge < -0.3 is 5.73 Å². The van der Waals surface area contributed by atoms with Gasteiger partial charge in [-0.3, -0.25) is 10.1 Å². The third-order valence-corrected chi connectivity index (χ3v) is 5.01. The highest BCUT2D eigenvalue weighted by Gasteiger charge is 2.18. The molecule has 3 rings (SSSR count). The molecule has 3 N–H and O–H groups in total. The zero-order valence-corrected chi connectivity index (χ0v) is 15.0. The third-order valence-electron chi connectivity index (χ3n) is 2.97. The number of guanidine groups is 2. The van der Waals surface area contributed by atoms with Crippen molar-refractivity contribution in [3.8, 4) is 0 Å². The summed E-state index contributed by atoms with van der Waals surface area (Å²) in [4.78, 5) is 24.4. The van der Waals surface area contributed by atoms with Gasteiger partial charge in [0.25, 0.3) is 0 Å². The van der Waals surface area contributed by atoms with Gasteiger partial charge in [0.1, 0.15) is 5.01 Å². The van der Waals surface area contributed by atoms with Crippen LogP contribution in [-0.4, -0.2) is 39.5 Å². The molecule has 0 aliphatic carbocycles. The Bertz CT molecular complexity index is 858. The number of nitrogens with zero attached hydrogens (tertiary/aromatic N) is 5. The lowest BCUT2D eigenvalue weighted by Crippen LogP contribution is -2.37. The highest BCUT2D eigenvalue weighted by atomic mass is 32.2. The van der Waals surface area contributed by atoms with Crippen LogP contribution < -0.4 is 11.1 Å². The molecule has 0 bridgehead atoms. The van der Waals surface area contributed by atoms with Crippen molar-refractivity contribution in [2.45, 2.75) is 17.7 Å². The first kappa shape index (κ1) is 17.2. The number of rotatable bonds is 4. The van der Waals surface area contributed by atoms with Crippen molar-refractivity contribution < 1.29 is 4.79 Å². The van der Waals surface area contributed by atoms with Crippen LogP contribution in [0.2, 0.25) is 0 Å². The van der Waals surface area contributed by atoms with Crippen LogP contribution in [0.25, 0.3) is 0 Å². The van der Waals surface area contributed by atoms with Crippen LogP contribution in [0.5, 0.6) is 0 Å². The molecule has 0 saturated heterocycles. The number of aryl methyl sites for hydroxylation is 1. The van der Waals surface area contributed by atoms with Gasteiger partial charge in [-0.05, 0) is 19.1 Å². The van der Waals surface area contributed by atoms with Crippen molar-refractivity contribution in [2.24, 2.45) is 20.7 Å². The molecule has 2 aromatic rings. The molecule has 0 radical (unpaired) electrons. The topological polar surface area (TPSA) is 118 Å². The van der Waals surface area contributed by atoms with Gasteiger partial charge in [-0.25, -0.2) is 9.98 Å². The smallest absolute Gasteiger partial charge is 0.232 e. The normalized spacial score (nSPS) is 16.7. The average Bonchev–Trinajstić information content (AvgIpc) is 2.99. The van der Waals surface area contributed by atoms with Crippen LogP contribution in [0.4, 0.5) is 5.69 Å².